The van der Waals surface area contributed by atoms with Crippen LogP contribution < -0.4 is 20.5 Å². The van der Waals surface area contributed by atoms with Gasteiger partial charge in [0.2, 0.25) is 0 Å². The number of benzene rings is 2. The third-order valence-corrected chi connectivity index (χ3v) is 6.43. The fourth-order valence-electron chi connectivity index (χ4n) is 4.24. The normalized spacial score (nSPS) is 20.9. The van der Waals surface area contributed by atoms with Crippen molar-refractivity contribution in [3.05, 3.63) is 71.3 Å². The molecule has 12 nitrogen and oxygen atoms in total. The number of nitrogens with zero attached hydrogens (tertiary/aromatic N) is 4. The minimum atomic E-state index is -1.36. The summed E-state index contributed by atoms with van der Waals surface area (Å²) in [5, 5.41) is 23.6. The molecule has 5 N–H and O–H groups in total. The van der Waals surface area contributed by atoms with Gasteiger partial charge in [0.1, 0.15) is 30.5 Å². The molecule has 198 valence electrons. The third kappa shape index (κ3) is 5.07. The number of halogens is 1. The number of carboxylic acid groups (broad SMARTS) is 1. The molecule has 2 aromatic carbocycles. The van der Waals surface area contributed by atoms with Crippen LogP contribution in [0.1, 0.15) is 17.4 Å². The van der Waals surface area contributed by atoms with Gasteiger partial charge in [0, 0.05) is 17.1 Å². The number of ether oxygens (including phenoxy) is 3. The fourth-order valence-corrected chi connectivity index (χ4v) is 4.44. The van der Waals surface area contributed by atoms with E-state index < -0.39 is 30.4 Å². The summed E-state index contributed by atoms with van der Waals surface area (Å²) in [6.07, 6.45) is -0.960. The monoisotopic (exact) mass is 540 g/mol. The van der Waals surface area contributed by atoms with Crippen molar-refractivity contribution in [1.82, 2.24) is 19.5 Å². The van der Waals surface area contributed by atoms with Gasteiger partial charge in [0.25, 0.3) is 0 Å². The number of carbonyl (C=O) groups is 1. The molecule has 0 bridgehead atoms. The summed E-state index contributed by atoms with van der Waals surface area (Å²) < 4.78 is 18.3. The van der Waals surface area contributed by atoms with Crippen molar-refractivity contribution in [2.45, 2.75) is 37.6 Å². The second-order valence-corrected chi connectivity index (χ2v) is 9.08. The average molecular weight is 541 g/mol. The van der Waals surface area contributed by atoms with E-state index in [1.165, 1.54) is 17.2 Å². The standard InChI is InChI=1S/C25H25ClN6O6/c1-36-16-4-2-3-13(7-16)10-37-17-6-5-15(26)8-14(17)9-28-22-19-23(30-11-29-22)32(12-31-19)24-20(33)18(27)21(38-24)25(34)35/h2-8,11-12,18,20-21,24,33H,9-10,27H2,1H3,(H,34,35)(H,28,29,30). The average Bonchev–Trinajstić information content (AvgIpc) is 3.48. The minimum absolute atomic E-state index is 0.307. The molecule has 5 rings (SSSR count). The van der Waals surface area contributed by atoms with Gasteiger partial charge in [-0.05, 0) is 35.9 Å². The van der Waals surface area contributed by atoms with Crippen LogP contribution in [0.25, 0.3) is 11.2 Å². The molecular formula is C25H25ClN6O6. The number of aliphatic carboxylic acids is 1. The van der Waals surface area contributed by atoms with Gasteiger partial charge in [-0.1, -0.05) is 23.7 Å². The van der Waals surface area contributed by atoms with E-state index in [2.05, 4.69) is 20.3 Å². The van der Waals surface area contributed by atoms with E-state index in [1.54, 1.807) is 25.3 Å². The van der Waals surface area contributed by atoms with Crippen LogP contribution >= 0.6 is 11.6 Å². The molecule has 3 heterocycles. The van der Waals surface area contributed by atoms with Crippen molar-refractivity contribution in [3.8, 4) is 11.5 Å². The first kappa shape index (κ1) is 25.7. The fraction of sp³-hybridized carbons (Fsp3) is 0.280. The molecule has 0 amide bonds. The van der Waals surface area contributed by atoms with Crippen molar-refractivity contribution in [3.63, 3.8) is 0 Å². The van der Waals surface area contributed by atoms with Crippen molar-refractivity contribution in [1.29, 1.82) is 0 Å². The molecule has 4 unspecified atom stereocenters. The van der Waals surface area contributed by atoms with Crippen LogP contribution in [-0.2, 0) is 22.7 Å². The molecule has 0 radical (unpaired) electrons. The predicted molar refractivity (Wildman–Crippen MR) is 137 cm³/mol. The van der Waals surface area contributed by atoms with Crippen LogP contribution in [0.5, 0.6) is 11.5 Å². The predicted octanol–water partition coefficient (Wildman–Crippen LogP) is 2.35. The molecule has 0 saturated carbocycles. The molecule has 1 fully saturated rings. The first-order valence-electron chi connectivity index (χ1n) is 11.6. The van der Waals surface area contributed by atoms with Crippen molar-refractivity contribution < 1.29 is 29.2 Å². The number of rotatable bonds is 9. The van der Waals surface area contributed by atoms with Crippen LogP contribution in [0, 0.1) is 0 Å². The second-order valence-electron chi connectivity index (χ2n) is 8.65. The highest BCUT2D eigenvalue weighted by Gasteiger charge is 2.46. The second kappa shape index (κ2) is 10.8. The number of aliphatic hydroxyl groups is 1. The molecule has 13 heteroatoms. The molecule has 2 aromatic heterocycles. The SMILES string of the molecule is COc1cccc(COc2ccc(Cl)cc2CNc2ncnc3c2ncn3C2OC(C(=O)O)C(N)C2O)c1. The van der Waals surface area contributed by atoms with Gasteiger partial charge in [-0.3, -0.25) is 4.57 Å². The Morgan fingerprint density at radius 3 is 2.84 bits per heavy atom. The van der Waals surface area contributed by atoms with Crippen LogP contribution in [0.15, 0.2) is 55.1 Å². The van der Waals surface area contributed by atoms with Gasteiger partial charge in [-0.2, -0.15) is 0 Å². The van der Waals surface area contributed by atoms with E-state index in [4.69, 9.17) is 31.5 Å². The largest absolute Gasteiger partial charge is 0.497 e. The summed E-state index contributed by atoms with van der Waals surface area (Å²) in [4.78, 5) is 24.3. The lowest BCUT2D eigenvalue weighted by molar-refractivity contribution is -0.152. The van der Waals surface area contributed by atoms with E-state index in [1.807, 2.05) is 24.3 Å². The van der Waals surface area contributed by atoms with Gasteiger partial charge >= 0.3 is 5.97 Å². The van der Waals surface area contributed by atoms with Crippen LogP contribution in [0.3, 0.4) is 0 Å². The lowest BCUT2D eigenvalue weighted by Gasteiger charge is -2.17. The van der Waals surface area contributed by atoms with Crippen LogP contribution in [-0.4, -0.2) is 61.1 Å². The highest BCUT2D eigenvalue weighted by molar-refractivity contribution is 6.30. The smallest absolute Gasteiger partial charge is 0.334 e. The number of imidazole rings is 1. The molecule has 1 saturated heterocycles. The van der Waals surface area contributed by atoms with Crippen LogP contribution in [0.2, 0.25) is 5.02 Å². The molecule has 4 atom stereocenters. The summed E-state index contributed by atoms with van der Waals surface area (Å²) in [5.74, 6) is 0.537. The zero-order chi connectivity index (χ0) is 26.8. The van der Waals surface area contributed by atoms with E-state index in [0.717, 1.165) is 16.9 Å². The minimum Gasteiger partial charge on any atom is -0.497 e. The number of carboxylic acids is 1. The summed E-state index contributed by atoms with van der Waals surface area (Å²) in [7, 11) is 1.61. The van der Waals surface area contributed by atoms with Gasteiger partial charge in [0.05, 0.1) is 19.5 Å². The van der Waals surface area contributed by atoms with E-state index >= 15 is 0 Å². The molecule has 1 aliphatic heterocycles. The number of methoxy groups -OCH3 is 1. The molecule has 1 aliphatic rings. The molecule has 0 aliphatic carbocycles. The van der Waals surface area contributed by atoms with Crippen LogP contribution in [0.4, 0.5) is 5.82 Å². The van der Waals surface area contributed by atoms with E-state index in [0.29, 0.717) is 40.9 Å². The Bertz CT molecular complexity index is 1470. The molecule has 38 heavy (non-hydrogen) atoms. The maximum atomic E-state index is 11.4. The number of hydrogen-bond donors (Lipinski definition) is 4. The summed E-state index contributed by atoms with van der Waals surface area (Å²) >= 11 is 6.26. The molecule has 0 spiro atoms. The Morgan fingerprint density at radius 1 is 1.24 bits per heavy atom. The van der Waals surface area contributed by atoms with Gasteiger partial charge in [0.15, 0.2) is 29.3 Å². The summed E-state index contributed by atoms with van der Waals surface area (Å²) in [5.41, 5.74) is 8.32. The maximum absolute atomic E-state index is 11.4. The zero-order valence-electron chi connectivity index (χ0n) is 20.2. The number of nitrogens with two attached hydrogens (primary N) is 1. The van der Waals surface area contributed by atoms with Gasteiger partial charge in [-0.15, -0.1) is 0 Å². The first-order chi connectivity index (χ1) is 18.4. The zero-order valence-corrected chi connectivity index (χ0v) is 20.9. The Labute approximate surface area is 222 Å². The number of anilines is 1. The highest BCUT2D eigenvalue weighted by Crippen LogP contribution is 2.32. The number of nitrogens with one attached hydrogen (secondary N) is 1. The Hall–Kier alpha value is -3.97. The number of hydrogen-bond acceptors (Lipinski definition) is 10. The molecular weight excluding hydrogens is 516 g/mol. The Morgan fingerprint density at radius 2 is 2.08 bits per heavy atom. The molecule has 4 aromatic rings. The summed E-state index contributed by atoms with van der Waals surface area (Å²) in [6, 6.07) is 11.8. The lowest BCUT2D eigenvalue weighted by Crippen LogP contribution is -2.43. The Kier molecular flexibility index (Phi) is 7.29. The lowest BCUT2D eigenvalue weighted by atomic mass is 10.1. The van der Waals surface area contributed by atoms with Crippen molar-refractivity contribution in [2.75, 3.05) is 12.4 Å². The first-order valence-corrected chi connectivity index (χ1v) is 12.0. The third-order valence-electron chi connectivity index (χ3n) is 6.20. The van der Waals surface area contributed by atoms with E-state index in [-0.39, 0.29) is 0 Å². The van der Waals surface area contributed by atoms with E-state index in [9.17, 15) is 15.0 Å². The van der Waals surface area contributed by atoms with Crippen molar-refractivity contribution >= 4 is 34.6 Å². The van der Waals surface area contributed by atoms with Gasteiger partial charge < -0.3 is 35.5 Å². The number of aromatic nitrogens is 4. The number of aliphatic hydroxyl groups excluding tert-OH is 1. The van der Waals surface area contributed by atoms with Crippen molar-refractivity contribution in [2.24, 2.45) is 5.73 Å². The quantitative estimate of drug-likeness (QED) is 0.246. The van der Waals surface area contributed by atoms with Gasteiger partial charge in [-0.25, -0.2) is 19.7 Å². The summed E-state index contributed by atoms with van der Waals surface area (Å²) in [6.45, 7) is 0.638. The maximum Gasteiger partial charge on any atom is 0.334 e. The Balaban J connectivity index is 1.34. The topological polar surface area (TPSA) is 167 Å². The highest BCUT2D eigenvalue weighted by atomic mass is 35.5. The number of fused-ring (bicyclic) bond motifs is 1.